The molecule has 0 radical (unpaired) electrons. The maximum absolute atomic E-state index is 6.13. The predicted molar refractivity (Wildman–Crippen MR) is 78.5 cm³/mol. The molecule has 0 aromatic carbocycles. The summed E-state index contributed by atoms with van der Waals surface area (Å²) in [5.41, 5.74) is 0.157. The normalized spacial score (nSPS) is 28.4. The van der Waals surface area contributed by atoms with E-state index in [4.69, 9.17) is 9.15 Å². The maximum atomic E-state index is 6.13. The maximum Gasteiger partial charge on any atom is 0.120 e. The van der Waals surface area contributed by atoms with Crippen LogP contribution in [0.2, 0.25) is 0 Å². The van der Waals surface area contributed by atoms with Gasteiger partial charge in [-0.1, -0.05) is 0 Å². The summed E-state index contributed by atoms with van der Waals surface area (Å²) in [6.45, 7) is 3.07. The monoisotopic (exact) mass is 281 g/mol. The Hall–Kier alpha value is -0.450. The molecule has 2 fully saturated rings. The molecule has 1 aromatic rings. The molecule has 1 spiro atoms. The average Bonchev–Trinajstić information content (AvgIpc) is 2.93. The van der Waals surface area contributed by atoms with Gasteiger partial charge in [0.05, 0.1) is 17.9 Å². The Balaban J connectivity index is 1.59. The van der Waals surface area contributed by atoms with Crippen molar-refractivity contribution in [3.63, 3.8) is 0 Å². The lowest BCUT2D eigenvalue weighted by atomic mass is 9.85. The minimum atomic E-state index is 0.157. The number of nitrogens with one attached hydrogen (secondary N) is 1. The summed E-state index contributed by atoms with van der Waals surface area (Å²) in [5.74, 6) is 3.53. The minimum absolute atomic E-state index is 0.157. The van der Waals surface area contributed by atoms with Gasteiger partial charge in [-0.05, 0) is 56.2 Å². The predicted octanol–water partition coefficient (Wildman–Crippen LogP) is 3.38. The molecule has 2 aliphatic rings. The summed E-state index contributed by atoms with van der Waals surface area (Å²) in [7, 11) is 0. The number of thioether (sulfide) groups is 1. The SMILES string of the molecule is C[C@@H](NC1CCOC2(CCSCC2)C1)c1ccco1. The van der Waals surface area contributed by atoms with Crippen LogP contribution in [0, 0.1) is 0 Å². The second kappa shape index (κ2) is 5.90. The fourth-order valence-corrected chi connectivity index (χ4v) is 4.47. The highest BCUT2D eigenvalue weighted by Gasteiger charge is 2.39. The van der Waals surface area contributed by atoms with Gasteiger partial charge in [0, 0.05) is 12.6 Å². The number of hydrogen-bond donors (Lipinski definition) is 1. The van der Waals surface area contributed by atoms with Crippen LogP contribution in [-0.4, -0.2) is 29.8 Å². The Morgan fingerprint density at radius 2 is 2.26 bits per heavy atom. The van der Waals surface area contributed by atoms with E-state index in [9.17, 15) is 0 Å². The van der Waals surface area contributed by atoms with Gasteiger partial charge in [-0.15, -0.1) is 0 Å². The number of rotatable bonds is 3. The first-order valence-electron chi connectivity index (χ1n) is 7.29. The van der Waals surface area contributed by atoms with Crippen molar-refractivity contribution in [2.75, 3.05) is 18.1 Å². The summed E-state index contributed by atoms with van der Waals surface area (Å²) < 4.78 is 11.6. The molecule has 4 heteroatoms. The summed E-state index contributed by atoms with van der Waals surface area (Å²) in [4.78, 5) is 0. The second-order valence-electron chi connectivity index (χ2n) is 5.74. The van der Waals surface area contributed by atoms with Gasteiger partial charge in [0.2, 0.25) is 0 Å². The van der Waals surface area contributed by atoms with Crippen LogP contribution in [0.4, 0.5) is 0 Å². The molecule has 0 aliphatic carbocycles. The first-order valence-corrected chi connectivity index (χ1v) is 8.44. The lowest BCUT2D eigenvalue weighted by Crippen LogP contribution is -2.49. The van der Waals surface area contributed by atoms with Gasteiger partial charge >= 0.3 is 0 Å². The third kappa shape index (κ3) is 3.18. The lowest BCUT2D eigenvalue weighted by molar-refractivity contribution is -0.0942. The standard InChI is InChI=1S/C15H23NO2S/c1-12(14-3-2-7-17-14)16-13-4-8-18-15(11-13)5-9-19-10-6-15/h2-3,7,12-13,16H,4-6,8-11H2,1H3/t12-,13?/m1/s1. The van der Waals surface area contributed by atoms with E-state index in [1.165, 1.54) is 24.3 Å². The van der Waals surface area contributed by atoms with E-state index in [-0.39, 0.29) is 11.6 Å². The molecule has 19 heavy (non-hydrogen) atoms. The van der Waals surface area contributed by atoms with E-state index in [1.54, 1.807) is 6.26 Å². The highest BCUT2D eigenvalue weighted by molar-refractivity contribution is 7.99. The van der Waals surface area contributed by atoms with Gasteiger partial charge in [0.15, 0.2) is 0 Å². The first kappa shape index (κ1) is 13.5. The molecule has 0 amide bonds. The minimum Gasteiger partial charge on any atom is -0.468 e. The molecule has 2 saturated heterocycles. The molecule has 1 N–H and O–H groups in total. The van der Waals surface area contributed by atoms with Crippen LogP contribution < -0.4 is 5.32 Å². The van der Waals surface area contributed by atoms with Crippen molar-refractivity contribution in [2.45, 2.75) is 50.3 Å². The van der Waals surface area contributed by atoms with E-state index in [0.29, 0.717) is 6.04 Å². The Kier molecular flexibility index (Phi) is 4.20. The quantitative estimate of drug-likeness (QED) is 0.921. The molecule has 1 aromatic heterocycles. The molecule has 1 unspecified atom stereocenters. The Labute approximate surface area is 119 Å². The van der Waals surface area contributed by atoms with Crippen LogP contribution in [-0.2, 0) is 4.74 Å². The average molecular weight is 281 g/mol. The molecular formula is C15H23NO2S. The third-order valence-electron chi connectivity index (χ3n) is 4.35. The summed E-state index contributed by atoms with van der Waals surface area (Å²) in [5, 5.41) is 3.71. The molecule has 2 atom stereocenters. The second-order valence-corrected chi connectivity index (χ2v) is 6.96. The van der Waals surface area contributed by atoms with Crippen molar-refractivity contribution in [3.8, 4) is 0 Å². The molecule has 0 saturated carbocycles. The topological polar surface area (TPSA) is 34.4 Å². The Bertz CT molecular complexity index is 381. The summed E-state index contributed by atoms with van der Waals surface area (Å²) in [6, 6.07) is 4.84. The zero-order valence-corrected chi connectivity index (χ0v) is 12.4. The van der Waals surface area contributed by atoms with Crippen LogP contribution >= 0.6 is 11.8 Å². The van der Waals surface area contributed by atoms with E-state index in [1.807, 2.05) is 12.1 Å². The zero-order chi connectivity index (χ0) is 13.1. The fraction of sp³-hybridized carbons (Fsp3) is 0.733. The van der Waals surface area contributed by atoms with E-state index < -0.39 is 0 Å². The van der Waals surface area contributed by atoms with E-state index in [0.717, 1.165) is 25.2 Å². The molecule has 0 bridgehead atoms. The van der Waals surface area contributed by atoms with Crippen molar-refractivity contribution in [1.82, 2.24) is 5.32 Å². The van der Waals surface area contributed by atoms with Crippen LogP contribution in [0.25, 0.3) is 0 Å². The number of furan rings is 1. The Morgan fingerprint density at radius 3 is 3.00 bits per heavy atom. The summed E-state index contributed by atoms with van der Waals surface area (Å²) >= 11 is 2.06. The fourth-order valence-electron chi connectivity index (χ4n) is 3.24. The molecule has 106 valence electrons. The summed E-state index contributed by atoms with van der Waals surface area (Å²) in [6.07, 6.45) is 6.44. The largest absolute Gasteiger partial charge is 0.468 e. The third-order valence-corrected chi connectivity index (χ3v) is 5.34. The van der Waals surface area contributed by atoms with Crippen LogP contribution in [0.1, 0.15) is 44.4 Å². The molecule has 3 nitrogen and oxygen atoms in total. The van der Waals surface area contributed by atoms with Gasteiger partial charge in [0.25, 0.3) is 0 Å². The van der Waals surface area contributed by atoms with Crippen molar-refractivity contribution in [3.05, 3.63) is 24.2 Å². The van der Waals surface area contributed by atoms with Crippen molar-refractivity contribution in [1.29, 1.82) is 0 Å². The van der Waals surface area contributed by atoms with Gasteiger partial charge in [0.1, 0.15) is 5.76 Å². The first-order chi connectivity index (χ1) is 9.27. The molecular weight excluding hydrogens is 258 g/mol. The van der Waals surface area contributed by atoms with Crippen molar-refractivity contribution >= 4 is 11.8 Å². The molecule has 3 rings (SSSR count). The van der Waals surface area contributed by atoms with Crippen LogP contribution in [0.15, 0.2) is 22.8 Å². The smallest absolute Gasteiger partial charge is 0.120 e. The number of hydrogen-bond acceptors (Lipinski definition) is 4. The van der Waals surface area contributed by atoms with Gasteiger partial charge in [-0.2, -0.15) is 11.8 Å². The number of ether oxygens (including phenoxy) is 1. The molecule has 2 aliphatic heterocycles. The highest BCUT2D eigenvalue weighted by atomic mass is 32.2. The van der Waals surface area contributed by atoms with Gasteiger partial charge < -0.3 is 14.5 Å². The van der Waals surface area contributed by atoms with Crippen molar-refractivity contribution in [2.24, 2.45) is 0 Å². The van der Waals surface area contributed by atoms with E-state index >= 15 is 0 Å². The van der Waals surface area contributed by atoms with Crippen molar-refractivity contribution < 1.29 is 9.15 Å². The van der Waals surface area contributed by atoms with Crippen LogP contribution in [0.5, 0.6) is 0 Å². The van der Waals surface area contributed by atoms with Crippen LogP contribution in [0.3, 0.4) is 0 Å². The Morgan fingerprint density at radius 1 is 1.42 bits per heavy atom. The van der Waals surface area contributed by atoms with Gasteiger partial charge in [-0.25, -0.2) is 0 Å². The van der Waals surface area contributed by atoms with E-state index in [2.05, 4.69) is 24.0 Å². The lowest BCUT2D eigenvalue weighted by Gasteiger charge is -2.44. The highest BCUT2D eigenvalue weighted by Crippen LogP contribution is 2.38. The molecule has 3 heterocycles. The van der Waals surface area contributed by atoms with Gasteiger partial charge in [-0.3, -0.25) is 0 Å². The zero-order valence-electron chi connectivity index (χ0n) is 11.6.